The van der Waals surface area contributed by atoms with E-state index in [-0.39, 0.29) is 5.56 Å². The van der Waals surface area contributed by atoms with Gasteiger partial charge in [0.2, 0.25) is 0 Å². The van der Waals surface area contributed by atoms with Crippen LogP contribution in [-0.4, -0.2) is 37.3 Å². The van der Waals surface area contributed by atoms with Crippen molar-refractivity contribution in [1.29, 1.82) is 0 Å². The molecule has 1 aromatic heterocycles. The molecule has 3 rings (SSSR count). The summed E-state index contributed by atoms with van der Waals surface area (Å²) in [5.41, 5.74) is 1.94. The third-order valence-electron chi connectivity index (χ3n) is 4.60. The number of hydrogen-bond donors (Lipinski definition) is 2. The summed E-state index contributed by atoms with van der Waals surface area (Å²) in [4.78, 5) is 16.1. The first-order chi connectivity index (χ1) is 13.7. The molecule has 7 heteroatoms. The zero-order valence-corrected chi connectivity index (χ0v) is 16.5. The molecule has 0 aliphatic carbocycles. The number of aromatic nitrogens is 1. The second kappa shape index (κ2) is 9.82. The van der Waals surface area contributed by atoms with Gasteiger partial charge in [-0.3, -0.25) is 9.79 Å². The lowest BCUT2D eigenvalue weighted by molar-refractivity contribution is 0.297. The van der Waals surface area contributed by atoms with Crippen LogP contribution in [0, 0.1) is 6.92 Å². The average molecular weight is 384 g/mol. The van der Waals surface area contributed by atoms with Crippen LogP contribution in [-0.2, 0) is 6.54 Å². The Bertz CT molecular complexity index is 876. The summed E-state index contributed by atoms with van der Waals surface area (Å²) in [7, 11) is 1.74. The number of hydrogen-bond acceptors (Lipinski definition) is 4. The monoisotopic (exact) mass is 384 g/mol. The van der Waals surface area contributed by atoms with Gasteiger partial charge in [0.05, 0.1) is 13.2 Å². The van der Waals surface area contributed by atoms with Gasteiger partial charge in [-0.2, -0.15) is 0 Å². The molecule has 28 heavy (non-hydrogen) atoms. The largest absolute Gasteiger partial charge is 0.490 e. The lowest BCUT2D eigenvalue weighted by atomic mass is 10.2. The number of nitrogens with zero attached hydrogens (tertiary/aromatic N) is 2. The predicted molar refractivity (Wildman–Crippen MR) is 112 cm³/mol. The molecule has 150 valence electrons. The summed E-state index contributed by atoms with van der Waals surface area (Å²) in [6.45, 7) is 4.79. The Labute approximate surface area is 165 Å². The van der Waals surface area contributed by atoms with Crippen molar-refractivity contribution in [1.82, 2.24) is 9.88 Å². The van der Waals surface area contributed by atoms with Crippen molar-refractivity contribution in [2.45, 2.75) is 32.7 Å². The van der Waals surface area contributed by atoms with Crippen LogP contribution in [0.25, 0.3) is 0 Å². The SMILES string of the molecule is CN=C(NCCCCn1c(C)cccc1=O)Nc1ccc2c(c1)OCCCO2. The number of benzene rings is 1. The summed E-state index contributed by atoms with van der Waals surface area (Å²) >= 11 is 0. The normalized spacial score (nSPS) is 13.7. The van der Waals surface area contributed by atoms with Gasteiger partial charge < -0.3 is 24.7 Å². The van der Waals surface area contributed by atoms with Gasteiger partial charge in [-0.1, -0.05) is 6.07 Å². The first kappa shape index (κ1) is 19.8. The summed E-state index contributed by atoms with van der Waals surface area (Å²) in [5, 5.41) is 6.58. The molecule has 0 unspecified atom stereocenters. The Morgan fingerprint density at radius 2 is 1.96 bits per heavy atom. The summed E-state index contributed by atoms with van der Waals surface area (Å²) in [5.74, 6) is 2.22. The molecule has 0 fully saturated rings. The van der Waals surface area contributed by atoms with Crippen LogP contribution in [0.1, 0.15) is 25.0 Å². The molecule has 1 aromatic carbocycles. The molecule has 2 aromatic rings. The van der Waals surface area contributed by atoms with Crippen molar-refractivity contribution in [3.63, 3.8) is 0 Å². The van der Waals surface area contributed by atoms with Crippen LogP contribution in [0.3, 0.4) is 0 Å². The maximum atomic E-state index is 11.9. The summed E-state index contributed by atoms with van der Waals surface area (Å²) in [6.07, 6.45) is 2.73. The maximum absolute atomic E-state index is 11.9. The lowest BCUT2D eigenvalue weighted by Crippen LogP contribution is -2.31. The molecule has 1 aliphatic rings. The van der Waals surface area contributed by atoms with Crippen molar-refractivity contribution in [3.05, 3.63) is 52.4 Å². The topological polar surface area (TPSA) is 76.9 Å². The number of fused-ring (bicyclic) bond motifs is 1. The molecule has 2 heterocycles. The third-order valence-corrected chi connectivity index (χ3v) is 4.60. The molecular weight excluding hydrogens is 356 g/mol. The van der Waals surface area contributed by atoms with Gasteiger partial charge in [0, 0.05) is 50.1 Å². The fourth-order valence-electron chi connectivity index (χ4n) is 3.07. The zero-order valence-electron chi connectivity index (χ0n) is 16.5. The second-order valence-corrected chi connectivity index (χ2v) is 6.70. The summed E-state index contributed by atoms with van der Waals surface area (Å²) in [6, 6.07) is 11.2. The molecule has 0 atom stereocenters. The van der Waals surface area contributed by atoms with Gasteiger partial charge in [-0.05, 0) is 38.0 Å². The Morgan fingerprint density at radius 1 is 1.14 bits per heavy atom. The van der Waals surface area contributed by atoms with Crippen LogP contribution in [0.15, 0.2) is 46.2 Å². The van der Waals surface area contributed by atoms with Gasteiger partial charge in [0.15, 0.2) is 17.5 Å². The standard InChI is InChI=1S/C21H28N4O3/c1-16-7-5-8-20(26)25(16)12-4-3-11-23-21(22-2)24-17-9-10-18-19(15-17)28-14-6-13-27-18/h5,7-10,15H,3-4,6,11-14H2,1-2H3,(H2,22,23,24). The highest BCUT2D eigenvalue weighted by Crippen LogP contribution is 2.32. The Hall–Kier alpha value is -2.96. The van der Waals surface area contributed by atoms with Gasteiger partial charge in [-0.25, -0.2) is 0 Å². The quantitative estimate of drug-likeness (QED) is 0.455. The Balaban J connectivity index is 1.46. The average Bonchev–Trinajstić information content (AvgIpc) is 2.93. The van der Waals surface area contributed by atoms with E-state index in [0.29, 0.717) is 19.2 Å². The number of rotatable bonds is 6. The van der Waals surface area contributed by atoms with Crippen LogP contribution in [0.4, 0.5) is 5.69 Å². The molecule has 2 N–H and O–H groups in total. The van der Waals surface area contributed by atoms with E-state index >= 15 is 0 Å². The number of aliphatic imine (C=N–C) groups is 1. The van der Waals surface area contributed by atoms with E-state index in [1.54, 1.807) is 19.2 Å². The highest BCUT2D eigenvalue weighted by atomic mass is 16.5. The minimum Gasteiger partial charge on any atom is -0.490 e. The number of pyridine rings is 1. The van der Waals surface area contributed by atoms with Gasteiger partial charge in [0.25, 0.3) is 5.56 Å². The fourth-order valence-corrected chi connectivity index (χ4v) is 3.07. The van der Waals surface area contributed by atoms with Gasteiger partial charge >= 0.3 is 0 Å². The number of ether oxygens (including phenoxy) is 2. The first-order valence-electron chi connectivity index (χ1n) is 9.71. The molecule has 0 radical (unpaired) electrons. The number of guanidine groups is 1. The second-order valence-electron chi connectivity index (χ2n) is 6.70. The van der Waals surface area contributed by atoms with Crippen molar-refractivity contribution >= 4 is 11.6 Å². The number of aryl methyl sites for hydroxylation is 1. The van der Waals surface area contributed by atoms with E-state index in [1.165, 1.54) is 0 Å². The van der Waals surface area contributed by atoms with E-state index in [2.05, 4.69) is 15.6 Å². The highest BCUT2D eigenvalue weighted by Gasteiger charge is 2.11. The number of anilines is 1. The fraction of sp³-hybridized carbons (Fsp3) is 0.429. The van der Waals surface area contributed by atoms with E-state index in [0.717, 1.165) is 55.2 Å². The van der Waals surface area contributed by atoms with E-state index in [4.69, 9.17) is 9.47 Å². The maximum Gasteiger partial charge on any atom is 0.250 e. The number of nitrogens with one attached hydrogen (secondary N) is 2. The van der Waals surface area contributed by atoms with E-state index in [1.807, 2.05) is 35.8 Å². The molecular formula is C21H28N4O3. The molecule has 0 bridgehead atoms. The Morgan fingerprint density at radius 3 is 2.75 bits per heavy atom. The molecule has 7 nitrogen and oxygen atoms in total. The smallest absolute Gasteiger partial charge is 0.250 e. The van der Waals surface area contributed by atoms with Crippen molar-refractivity contribution in [2.24, 2.45) is 4.99 Å². The molecule has 0 amide bonds. The van der Waals surface area contributed by atoms with Crippen LogP contribution in [0.2, 0.25) is 0 Å². The molecule has 1 aliphatic heterocycles. The Kier molecular flexibility index (Phi) is 6.94. The van der Waals surface area contributed by atoms with Gasteiger partial charge in [0.1, 0.15) is 0 Å². The highest BCUT2D eigenvalue weighted by molar-refractivity contribution is 5.93. The van der Waals surface area contributed by atoms with Crippen molar-refractivity contribution in [3.8, 4) is 11.5 Å². The van der Waals surface area contributed by atoms with Crippen LogP contribution >= 0.6 is 0 Å². The number of unbranched alkanes of at least 4 members (excludes halogenated alkanes) is 1. The van der Waals surface area contributed by atoms with Gasteiger partial charge in [-0.15, -0.1) is 0 Å². The summed E-state index contributed by atoms with van der Waals surface area (Å²) < 4.78 is 13.2. The lowest BCUT2D eigenvalue weighted by Gasteiger charge is -2.14. The van der Waals surface area contributed by atoms with E-state index < -0.39 is 0 Å². The predicted octanol–water partition coefficient (Wildman–Crippen LogP) is 2.79. The van der Waals surface area contributed by atoms with E-state index in [9.17, 15) is 4.79 Å². The molecule has 0 saturated carbocycles. The van der Waals surface area contributed by atoms with Crippen molar-refractivity contribution < 1.29 is 9.47 Å². The third kappa shape index (κ3) is 5.28. The van der Waals surface area contributed by atoms with Crippen molar-refractivity contribution in [2.75, 3.05) is 32.1 Å². The van der Waals surface area contributed by atoms with Crippen LogP contribution < -0.4 is 25.7 Å². The zero-order chi connectivity index (χ0) is 19.8. The minimum absolute atomic E-state index is 0.0554. The minimum atomic E-state index is 0.0554. The molecule has 0 spiro atoms. The first-order valence-corrected chi connectivity index (χ1v) is 9.71. The molecule has 0 saturated heterocycles. The van der Waals surface area contributed by atoms with Crippen LogP contribution in [0.5, 0.6) is 11.5 Å².